The number of methoxy groups -OCH3 is 1. The molecule has 0 fully saturated rings. The second-order valence-corrected chi connectivity index (χ2v) is 4.95. The second kappa shape index (κ2) is 7.98. The van der Waals surface area contributed by atoms with Crippen LogP contribution in [0.4, 0.5) is 0 Å². The number of benzene rings is 2. The summed E-state index contributed by atoms with van der Waals surface area (Å²) in [5.74, 6) is -0.531. The van der Waals surface area contributed by atoms with Gasteiger partial charge in [0.2, 0.25) is 0 Å². The Morgan fingerprint density at radius 1 is 1.04 bits per heavy atom. The molecule has 1 amide bonds. The number of nitrogens with one attached hydrogen (secondary N) is 1. The summed E-state index contributed by atoms with van der Waals surface area (Å²) in [5, 5.41) is 2.74. The number of para-hydroxylation sites is 1. The molecule has 2 aromatic carbocycles. The Labute approximate surface area is 135 Å². The molecule has 0 aliphatic rings. The standard InChI is InChI=1S/C18H19NO4/c1-13(17(20)19-12-14-8-4-3-5-9-14)23-18(21)15-10-6-7-11-16(15)22-2/h3-11,13H,12H2,1-2H3,(H,19,20)/t13-/m1/s1. The van der Waals surface area contributed by atoms with Crippen molar-refractivity contribution in [2.75, 3.05) is 7.11 Å². The highest BCUT2D eigenvalue weighted by molar-refractivity contribution is 5.94. The van der Waals surface area contributed by atoms with E-state index in [4.69, 9.17) is 9.47 Å². The first-order valence-electron chi connectivity index (χ1n) is 7.27. The number of ether oxygens (including phenoxy) is 2. The van der Waals surface area contributed by atoms with Gasteiger partial charge in [0.25, 0.3) is 5.91 Å². The summed E-state index contributed by atoms with van der Waals surface area (Å²) in [5.41, 5.74) is 1.27. The fourth-order valence-corrected chi connectivity index (χ4v) is 2.02. The monoisotopic (exact) mass is 313 g/mol. The lowest BCUT2D eigenvalue weighted by atomic mass is 10.2. The van der Waals surface area contributed by atoms with Crippen LogP contribution in [-0.2, 0) is 16.1 Å². The molecule has 0 aromatic heterocycles. The topological polar surface area (TPSA) is 64.6 Å². The van der Waals surface area contributed by atoms with Gasteiger partial charge in [-0.05, 0) is 24.6 Å². The van der Waals surface area contributed by atoms with Crippen molar-refractivity contribution < 1.29 is 19.1 Å². The van der Waals surface area contributed by atoms with Crippen molar-refractivity contribution in [2.24, 2.45) is 0 Å². The van der Waals surface area contributed by atoms with Crippen molar-refractivity contribution in [3.63, 3.8) is 0 Å². The molecule has 0 heterocycles. The first-order valence-corrected chi connectivity index (χ1v) is 7.27. The Hall–Kier alpha value is -2.82. The van der Waals surface area contributed by atoms with Crippen LogP contribution in [-0.4, -0.2) is 25.1 Å². The maximum absolute atomic E-state index is 12.1. The minimum absolute atomic E-state index is 0.290. The van der Waals surface area contributed by atoms with E-state index in [-0.39, 0.29) is 11.5 Å². The Morgan fingerprint density at radius 2 is 1.70 bits per heavy atom. The molecular formula is C18H19NO4. The highest BCUT2D eigenvalue weighted by Gasteiger charge is 2.20. The highest BCUT2D eigenvalue weighted by Crippen LogP contribution is 2.18. The van der Waals surface area contributed by atoms with E-state index in [0.717, 1.165) is 5.56 Å². The van der Waals surface area contributed by atoms with Gasteiger partial charge in [0.15, 0.2) is 6.10 Å². The quantitative estimate of drug-likeness (QED) is 0.833. The maximum atomic E-state index is 12.1. The number of carbonyl (C=O) groups is 2. The number of rotatable bonds is 6. The number of hydrogen-bond donors (Lipinski definition) is 1. The van der Waals surface area contributed by atoms with Gasteiger partial charge in [0, 0.05) is 6.54 Å². The lowest BCUT2D eigenvalue weighted by Crippen LogP contribution is -2.35. The number of hydrogen-bond acceptors (Lipinski definition) is 4. The van der Waals surface area contributed by atoms with E-state index in [2.05, 4.69) is 5.32 Å². The maximum Gasteiger partial charge on any atom is 0.342 e. The van der Waals surface area contributed by atoms with Crippen LogP contribution in [0, 0.1) is 0 Å². The van der Waals surface area contributed by atoms with E-state index >= 15 is 0 Å². The van der Waals surface area contributed by atoms with Gasteiger partial charge in [-0.25, -0.2) is 4.79 Å². The molecule has 2 rings (SSSR count). The van der Waals surface area contributed by atoms with Crippen LogP contribution in [0.3, 0.4) is 0 Å². The summed E-state index contributed by atoms with van der Waals surface area (Å²) < 4.78 is 10.3. The van der Waals surface area contributed by atoms with Crippen LogP contribution >= 0.6 is 0 Å². The predicted octanol–water partition coefficient (Wildman–Crippen LogP) is 2.56. The third kappa shape index (κ3) is 4.57. The molecular weight excluding hydrogens is 294 g/mol. The van der Waals surface area contributed by atoms with Crippen molar-refractivity contribution in [2.45, 2.75) is 19.6 Å². The highest BCUT2D eigenvalue weighted by atomic mass is 16.5. The number of carbonyl (C=O) groups excluding carboxylic acids is 2. The van der Waals surface area contributed by atoms with Crippen LogP contribution in [0.1, 0.15) is 22.8 Å². The van der Waals surface area contributed by atoms with E-state index in [1.54, 1.807) is 24.3 Å². The minimum atomic E-state index is -0.892. The van der Waals surface area contributed by atoms with Gasteiger partial charge in [0.1, 0.15) is 11.3 Å². The SMILES string of the molecule is COc1ccccc1C(=O)O[C@H](C)C(=O)NCc1ccccc1. The molecule has 23 heavy (non-hydrogen) atoms. The molecule has 2 aromatic rings. The zero-order valence-corrected chi connectivity index (χ0v) is 13.1. The summed E-state index contributed by atoms with van der Waals surface area (Å²) in [7, 11) is 1.47. The van der Waals surface area contributed by atoms with Gasteiger partial charge >= 0.3 is 5.97 Å². The average Bonchev–Trinajstić information content (AvgIpc) is 2.60. The molecule has 0 spiro atoms. The van der Waals surface area contributed by atoms with E-state index in [1.807, 2.05) is 30.3 Å². The second-order valence-electron chi connectivity index (χ2n) is 4.95. The van der Waals surface area contributed by atoms with Crippen molar-refractivity contribution in [1.29, 1.82) is 0 Å². The average molecular weight is 313 g/mol. The molecule has 1 atom stereocenters. The molecule has 5 nitrogen and oxygen atoms in total. The lowest BCUT2D eigenvalue weighted by Gasteiger charge is -2.14. The summed E-state index contributed by atoms with van der Waals surface area (Å²) in [4.78, 5) is 24.1. The van der Waals surface area contributed by atoms with Crippen molar-refractivity contribution in [3.05, 3.63) is 65.7 Å². The molecule has 0 aliphatic carbocycles. The third-order valence-electron chi connectivity index (χ3n) is 3.29. The molecule has 0 bridgehead atoms. The Kier molecular flexibility index (Phi) is 5.74. The molecule has 120 valence electrons. The minimum Gasteiger partial charge on any atom is -0.496 e. The van der Waals surface area contributed by atoms with Gasteiger partial charge in [-0.3, -0.25) is 4.79 Å². The molecule has 1 N–H and O–H groups in total. The Bertz CT molecular complexity index is 670. The number of esters is 1. The smallest absolute Gasteiger partial charge is 0.342 e. The molecule has 0 unspecified atom stereocenters. The van der Waals surface area contributed by atoms with E-state index in [1.165, 1.54) is 14.0 Å². The first-order chi connectivity index (χ1) is 11.1. The Balaban J connectivity index is 1.91. The van der Waals surface area contributed by atoms with Crippen LogP contribution in [0.5, 0.6) is 5.75 Å². The number of amides is 1. The summed E-state index contributed by atoms with van der Waals surface area (Å²) in [6.07, 6.45) is -0.892. The first kappa shape index (κ1) is 16.5. The normalized spacial score (nSPS) is 11.4. The van der Waals surface area contributed by atoms with Gasteiger partial charge in [0.05, 0.1) is 7.11 Å². The van der Waals surface area contributed by atoms with E-state index < -0.39 is 12.1 Å². The van der Waals surface area contributed by atoms with E-state index in [9.17, 15) is 9.59 Å². The summed E-state index contributed by atoms with van der Waals surface area (Å²) in [6.45, 7) is 1.92. The van der Waals surface area contributed by atoms with Crippen molar-refractivity contribution >= 4 is 11.9 Å². The predicted molar refractivity (Wildman–Crippen MR) is 86.2 cm³/mol. The zero-order valence-electron chi connectivity index (χ0n) is 13.1. The third-order valence-corrected chi connectivity index (χ3v) is 3.29. The van der Waals surface area contributed by atoms with Crippen LogP contribution in [0.15, 0.2) is 54.6 Å². The fraction of sp³-hybridized carbons (Fsp3) is 0.222. The van der Waals surface area contributed by atoms with Crippen LogP contribution in [0.2, 0.25) is 0 Å². The van der Waals surface area contributed by atoms with Gasteiger partial charge in [-0.15, -0.1) is 0 Å². The lowest BCUT2D eigenvalue weighted by molar-refractivity contribution is -0.129. The summed E-state index contributed by atoms with van der Waals surface area (Å²) in [6, 6.07) is 16.2. The van der Waals surface area contributed by atoms with Crippen LogP contribution < -0.4 is 10.1 Å². The van der Waals surface area contributed by atoms with Gasteiger partial charge < -0.3 is 14.8 Å². The molecule has 0 radical (unpaired) electrons. The zero-order chi connectivity index (χ0) is 16.7. The van der Waals surface area contributed by atoms with E-state index in [0.29, 0.717) is 12.3 Å². The largest absolute Gasteiger partial charge is 0.496 e. The molecule has 0 saturated carbocycles. The molecule has 0 aliphatic heterocycles. The van der Waals surface area contributed by atoms with Crippen LogP contribution in [0.25, 0.3) is 0 Å². The van der Waals surface area contributed by atoms with Crippen molar-refractivity contribution in [3.8, 4) is 5.75 Å². The van der Waals surface area contributed by atoms with Gasteiger partial charge in [-0.2, -0.15) is 0 Å². The van der Waals surface area contributed by atoms with Gasteiger partial charge in [-0.1, -0.05) is 42.5 Å². The Morgan fingerprint density at radius 3 is 2.39 bits per heavy atom. The molecule has 5 heteroatoms. The fourth-order valence-electron chi connectivity index (χ4n) is 2.02. The molecule has 0 saturated heterocycles. The summed E-state index contributed by atoms with van der Waals surface area (Å²) >= 11 is 0. The van der Waals surface area contributed by atoms with Crippen molar-refractivity contribution in [1.82, 2.24) is 5.32 Å².